The van der Waals surface area contributed by atoms with Crippen molar-refractivity contribution in [3.05, 3.63) is 33.1 Å². The summed E-state index contributed by atoms with van der Waals surface area (Å²) in [5.41, 5.74) is 0.474. The molecule has 24 heavy (non-hydrogen) atoms. The fourth-order valence-electron chi connectivity index (χ4n) is 1.82. The van der Waals surface area contributed by atoms with E-state index in [9.17, 15) is 14.4 Å². The number of hydrogen-bond acceptors (Lipinski definition) is 6. The molecule has 0 bridgehead atoms. The van der Waals surface area contributed by atoms with Crippen molar-refractivity contribution < 1.29 is 29.3 Å². The number of thiocarbonyl (C=S) groups is 1. The molecule has 1 saturated heterocycles. The summed E-state index contributed by atoms with van der Waals surface area (Å²) in [5.74, 6) is -2.53. The fraction of sp³-hybridized carbons (Fsp3) is 0.143. The van der Waals surface area contributed by atoms with Crippen LogP contribution in [0.25, 0.3) is 6.08 Å². The van der Waals surface area contributed by atoms with E-state index < -0.39 is 31.0 Å². The number of hydrogen-bond donors (Lipinski definition) is 2. The number of nitrogens with zero attached hydrogens (tertiary/aromatic N) is 1. The Morgan fingerprint density at radius 2 is 2.04 bits per heavy atom. The number of thioether (sulfide) groups is 1. The standard InChI is InChI=1S/C14H10BrNO6S2/c15-8-1-2-9(22-6-12(19)20)7(3-8)4-10-13(21)16(5-11(17)18)14(23)24-10/h1-4H,5-6H2,(H,17,18)(H,19,20)/b10-4-. The highest BCUT2D eigenvalue weighted by atomic mass is 79.9. The zero-order valence-electron chi connectivity index (χ0n) is 11.9. The first-order valence-corrected chi connectivity index (χ1v) is 8.41. The zero-order chi connectivity index (χ0) is 17.9. The zero-order valence-corrected chi connectivity index (χ0v) is 15.1. The van der Waals surface area contributed by atoms with Crippen molar-refractivity contribution in [1.29, 1.82) is 0 Å². The number of aliphatic carboxylic acids is 2. The molecule has 1 aliphatic heterocycles. The van der Waals surface area contributed by atoms with Gasteiger partial charge in [0, 0.05) is 10.0 Å². The van der Waals surface area contributed by atoms with E-state index in [1.54, 1.807) is 18.2 Å². The van der Waals surface area contributed by atoms with Crippen molar-refractivity contribution in [2.24, 2.45) is 0 Å². The number of carbonyl (C=O) groups excluding carboxylic acids is 1. The quantitative estimate of drug-likeness (QED) is 0.521. The molecule has 10 heteroatoms. The second kappa shape index (κ2) is 7.77. The molecule has 2 N–H and O–H groups in total. The number of benzene rings is 1. The minimum Gasteiger partial charge on any atom is -0.481 e. The van der Waals surface area contributed by atoms with E-state index in [0.29, 0.717) is 10.0 Å². The second-order valence-corrected chi connectivity index (χ2v) is 7.12. The predicted molar refractivity (Wildman–Crippen MR) is 94.8 cm³/mol. The third-order valence-corrected chi connectivity index (χ3v) is 4.65. The lowest BCUT2D eigenvalue weighted by Crippen LogP contribution is -2.33. The molecule has 1 heterocycles. The average molecular weight is 432 g/mol. The van der Waals surface area contributed by atoms with Crippen molar-refractivity contribution >= 4 is 68.2 Å². The van der Waals surface area contributed by atoms with Crippen LogP contribution in [-0.4, -0.2) is 50.4 Å². The lowest BCUT2D eigenvalue weighted by molar-refractivity contribution is -0.140. The Kier molecular flexibility index (Phi) is 5.97. The molecular weight excluding hydrogens is 422 g/mol. The van der Waals surface area contributed by atoms with E-state index in [-0.39, 0.29) is 15.0 Å². The monoisotopic (exact) mass is 431 g/mol. The molecule has 1 aliphatic rings. The van der Waals surface area contributed by atoms with Gasteiger partial charge < -0.3 is 14.9 Å². The Hall–Kier alpha value is -1.91. The number of carboxylic acid groups (broad SMARTS) is 2. The molecule has 126 valence electrons. The molecule has 0 radical (unpaired) electrons. The SMILES string of the molecule is O=C(O)COc1ccc(Br)cc1/C=C1\SC(=S)N(CC(=O)O)C1=O. The summed E-state index contributed by atoms with van der Waals surface area (Å²) in [7, 11) is 0. The topological polar surface area (TPSA) is 104 Å². The third kappa shape index (κ3) is 4.56. The van der Waals surface area contributed by atoms with E-state index in [4.69, 9.17) is 27.2 Å². The smallest absolute Gasteiger partial charge is 0.341 e. The van der Waals surface area contributed by atoms with Gasteiger partial charge in [0.25, 0.3) is 5.91 Å². The van der Waals surface area contributed by atoms with Gasteiger partial charge in [-0.15, -0.1) is 0 Å². The highest BCUT2D eigenvalue weighted by Gasteiger charge is 2.33. The molecule has 1 fully saturated rings. The Labute approximate surface area is 154 Å². The van der Waals surface area contributed by atoms with Crippen molar-refractivity contribution in [3.63, 3.8) is 0 Å². The summed E-state index contributed by atoms with van der Waals surface area (Å²) in [6.45, 7) is -1.04. The molecule has 0 aromatic heterocycles. The highest BCUT2D eigenvalue weighted by molar-refractivity contribution is 9.10. The summed E-state index contributed by atoms with van der Waals surface area (Å²) >= 11 is 9.29. The maximum atomic E-state index is 12.3. The molecule has 1 aromatic rings. The lowest BCUT2D eigenvalue weighted by Gasteiger charge is -2.10. The van der Waals surface area contributed by atoms with Crippen LogP contribution >= 0.6 is 39.9 Å². The maximum absolute atomic E-state index is 12.3. The summed E-state index contributed by atoms with van der Waals surface area (Å²) in [6.07, 6.45) is 1.49. The van der Waals surface area contributed by atoms with Gasteiger partial charge in [0.15, 0.2) is 6.61 Å². The van der Waals surface area contributed by atoms with Crippen LogP contribution in [0.5, 0.6) is 5.75 Å². The van der Waals surface area contributed by atoms with Gasteiger partial charge in [-0.05, 0) is 24.3 Å². The van der Waals surface area contributed by atoms with E-state index in [0.717, 1.165) is 16.7 Å². The summed E-state index contributed by atoms with van der Waals surface area (Å²) < 4.78 is 6.05. The van der Waals surface area contributed by atoms with Gasteiger partial charge in [-0.2, -0.15) is 0 Å². The number of amides is 1. The van der Waals surface area contributed by atoms with E-state index in [1.165, 1.54) is 6.08 Å². The minimum absolute atomic E-state index is 0.150. The molecule has 0 unspecified atom stereocenters. The van der Waals surface area contributed by atoms with Crippen molar-refractivity contribution in [3.8, 4) is 5.75 Å². The first kappa shape index (κ1) is 18.4. The van der Waals surface area contributed by atoms with Crippen LogP contribution in [0.3, 0.4) is 0 Å². The Morgan fingerprint density at radius 1 is 1.33 bits per heavy atom. The average Bonchev–Trinajstić information content (AvgIpc) is 2.73. The van der Waals surface area contributed by atoms with Crippen molar-refractivity contribution in [2.45, 2.75) is 0 Å². The Balaban J connectivity index is 2.32. The van der Waals surface area contributed by atoms with Crippen molar-refractivity contribution in [2.75, 3.05) is 13.2 Å². The Morgan fingerprint density at radius 3 is 2.67 bits per heavy atom. The van der Waals surface area contributed by atoms with Gasteiger partial charge in [0.05, 0.1) is 4.91 Å². The van der Waals surface area contributed by atoms with Crippen LogP contribution in [0.1, 0.15) is 5.56 Å². The number of ether oxygens (including phenoxy) is 1. The first-order chi connectivity index (χ1) is 11.3. The van der Waals surface area contributed by atoms with Gasteiger partial charge in [-0.1, -0.05) is 39.9 Å². The van der Waals surface area contributed by atoms with Gasteiger partial charge in [-0.25, -0.2) is 4.79 Å². The Bertz CT molecular complexity index is 764. The second-order valence-electron chi connectivity index (χ2n) is 4.53. The number of halogens is 1. The largest absolute Gasteiger partial charge is 0.481 e. The van der Waals surface area contributed by atoms with E-state index in [1.807, 2.05) is 0 Å². The minimum atomic E-state index is -1.17. The molecule has 0 atom stereocenters. The molecule has 2 rings (SSSR count). The van der Waals surface area contributed by atoms with Crippen LogP contribution < -0.4 is 4.74 Å². The van der Waals surface area contributed by atoms with E-state index >= 15 is 0 Å². The molecule has 0 spiro atoms. The molecule has 1 aromatic carbocycles. The molecule has 0 saturated carbocycles. The number of carbonyl (C=O) groups is 3. The van der Waals surface area contributed by atoms with Gasteiger partial charge in [0.2, 0.25) is 0 Å². The molecular formula is C14H10BrNO6S2. The maximum Gasteiger partial charge on any atom is 0.341 e. The first-order valence-electron chi connectivity index (χ1n) is 6.39. The van der Waals surface area contributed by atoms with Crippen molar-refractivity contribution in [1.82, 2.24) is 4.90 Å². The van der Waals surface area contributed by atoms with E-state index in [2.05, 4.69) is 15.9 Å². The normalized spacial score (nSPS) is 15.9. The number of carboxylic acids is 2. The van der Waals surface area contributed by atoms with Gasteiger partial charge in [0.1, 0.15) is 16.6 Å². The summed E-state index contributed by atoms with van der Waals surface area (Å²) in [4.78, 5) is 34.9. The van der Waals surface area contributed by atoms with Gasteiger partial charge >= 0.3 is 11.9 Å². The van der Waals surface area contributed by atoms with Crippen LogP contribution in [0.15, 0.2) is 27.6 Å². The van der Waals surface area contributed by atoms with Crippen LogP contribution in [0, 0.1) is 0 Å². The van der Waals surface area contributed by atoms with Crippen LogP contribution in [0.4, 0.5) is 0 Å². The molecule has 1 amide bonds. The van der Waals surface area contributed by atoms with Gasteiger partial charge in [-0.3, -0.25) is 14.5 Å². The summed E-state index contributed by atoms with van der Waals surface area (Å²) in [5, 5.41) is 17.5. The summed E-state index contributed by atoms with van der Waals surface area (Å²) in [6, 6.07) is 4.89. The predicted octanol–water partition coefficient (Wildman–Crippen LogP) is 2.20. The lowest BCUT2D eigenvalue weighted by atomic mass is 10.2. The molecule has 7 nitrogen and oxygen atoms in total. The van der Waals surface area contributed by atoms with Crippen LogP contribution in [0.2, 0.25) is 0 Å². The number of rotatable bonds is 6. The third-order valence-electron chi connectivity index (χ3n) is 2.78. The fourth-order valence-corrected chi connectivity index (χ4v) is 3.44. The van der Waals surface area contributed by atoms with Crippen LogP contribution in [-0.2, 0) is 14.4 Å². The molecule has 0 aliphatic carbocycles. The highest BCUT2D eigenvalue weighted by Crippen LogP contribution is 2.34.